The molecule has 0 aliphatic heterocycles. The molecule has 0 heterocycles. The Labute approximate surface area is 211 Å². The number of aryl methyl sites for hydroxylation is 1. The van der Waals surface area contributed by atoms with Gasteiger partial charge in [0.25, 0.3) is 5.91 Å². The van der Waals surface area contributed by atoms with Crippen LogP contribution in [0.2, 0.25) is 0 Å². The molecule has 0 aliphatic carbocycles. The number of nitrogens with zero attached hydrogens (tertiary/aromatic N) is 1. The summed E-state index contributed by atoms with van der Waals surface area (Å²) in [6.45, 7) is 16.8. The zero-order valence-electron chi connectivity index (χ0n) is 22.8. The average molecular weight is 486 g/mol. The maximum atomic E-state index is 13.8. The van der Waals surface area contributed by atoms with Crippen LogP contribution in [0, 0.1) is 32.2 Å². The topological polar surface area (TPSA) is 87.7 Å². The maximum absolute atomic E-state index is 13.8. The highest BCUT2D eigenvalue weighted by Crippen LogP contribution is 2.28. The summed E-state index contributed by atoms with van der Waals surface area (Å²) < 4.78 is 5.38. The van der Waals surface area contributed by atoms with Crippen LogP contribution in [0.1, 0.15) is 90.5 Å². The second-order valence-corrected chi connectivity index (χ2v) is 10.2. The van der Waals surface area contributed by atoms with Gasteiger partial charge in [0.2, 0.25) is 5.91 Å². The first kappa shape index (κ1) is 30.0. The summed E-state index contributed by atoms with van der Waals surface area (Å²) in [6, 6.07) is 5.96. The molecule has 1 aromatic carbocycles. The van der Waals surface area contributed by atoms with E-state index in [0.29, 0.717) is 12.0 Å². The van der Waals surface area contributed by atoms with Crippen LogP contribution in [0.15, 0.2) is 18.2 Å². The van der Waals surface area contributed by atoms with Crippen molar-refractivity contribution in [2.75, 3.05) is 0 Å². The molecular weight excluding hydrogens is 442 g/mol. The van der Waals surface area contributed by atoms with Crippen molar-refractivity contribution in [1.82, 2.24) is 15.5 Å². The number of carbonyl (C=O) groups is 3. The molecule has 1 rings (SSSR count). The van der Waals surface area contributed by atoms with Crippen LogP contribution in [0.25, 0.3) is 0 Å². The molecule has 0 radical (unpaired) electrons. The zero-order valence-corrected chi connectivity index (χ0v) is 22.8. The summed E-state index contributed by atoms with van der Waals surface area (Å²) in [6.07, 6.45) is 7.47. The molecule has 7 heteroatoms. The third-order valence-electron chi connectivity index (χ3n) is 6.09. The Morgan fingerprint density at radius 1 is 1.11 bits per heavy atom. The van der Waals surface area contributed by atoms with E-state index in [1.54, 1.807) is 20.8 Å². The number of ether oxygens (including phenoxy) is 1. The first-order valence-electron chi connectivity index (χ1n) is 12.4. The van der Waals surface area contributed by atoms with Gasteiger partial charge in [-0.1, -0.05) is 58.2 Å². The number of carbonyl (C=O) groups excluding carboxylic acids is 3. The molecule has 0 bridgehead atoms. The number of terminal acetylenes is 1. The van der Waals surface area contributed by atoms with E-state index in [4.69, 9.17) is 11.2 Å². The van der Waals surface area contributed by atoms with Crippen LogP contribution in [0.3, 0.4) is 0 Å². The summed E-state index contributed by atoms with van der Waals surface area (Å²) in [5, 5.41) is 5.70. The standard InChI is InChI=1S/C28H43N3O4/c1-11-15-20(6)29-25(32)24(22-17-14-16-19(5)21(22)7)31(13-3)26(33)23(18(4)12-2)30-27(34)35-28(8,9)10/h3,14,16-18,20,23-24H,11-12,15H2,1-2,4-10H3,(H,29,32)(H,30,34). The molecule has 1 aromatic rings. The predicted molar refractivity (Wildman–Crippen MR) is 139 cm³/mol. The number of hydrogen-bond acceptors (Lipinski definition) is 4. The molecule has 0 saturated carbocycles. The first-order chi connectivity index (χ1) is 16.3. The molecule has 0 aliphatic rings. The van der Waals surface area contributed by atoms with Crippen molar-refractivity contribution in [2.45, 2.75) is 105 Å². The summed E-state index contributed by atoms with van der Waals surface area (Å²) in [5.74, 6) is -1.13. The number of amides is 3. The predicted octanol–water partition coefficient (Wildman–Crippen LogP) is 5.01. The van der Waals surface area contributed by atoms with Crippen molar-refractivity contribution in [3.8, 4) is 12.5 Å². The molecule has 4 unspecified atom stereocenters. The van der Waals surface area contributed by atoms with E-state index in [1.165, 1.54) is 0 Å². The lowest BCUT2D eigenvalue weighted by Gasteiger charge is -2.33. The molecule has 0 spiro atoms. The van der Waals surface area contributed by atoms with Gasteiger partial charge in [0.05, 0.1) is 0 Å². The fourth-order valence-electron chi connectivity index (χ4n) is 3.83. The Morgan fingerprint density at radius 3 is 2.26 bits per heavy atom. The molecule has 0 saturated heterocycles. The monoisotopic (exact) mass is 485 g/mol. The Hall–Kier alpha value is -3.01. The largest absolute Gasteiger partial charge is 0.444 e. The van der Waals surface area contributed by atoms with Gasteiger partial charge < -0.3 is 15.4 Å². The highest BCUT2D eigenvalue weighted by molar-refractivity contribution is 5.93. The van der Waals surface area contributed by atoms with Crippen LogP contribution in [-0.4, -0.2) is 40.5 Å². The van der Waals surface area contributed by atoms with E-state index in [0.717, 1.165) is 28.9 Å². The molecule has 7 nitrogen and oxygen atoms in total. The van der Waals surface area contributed by atoms with Gasteiger partial charge in [-0.2, -0.15) is 0 Å². The van der Waals surface area contributed by atoms with Gasteiger partial charge in [-0.25, -0.2) is 4.79 Å². The summed E-state index contributed by atoms with van der Waals surface area (Å²) >= 11 is 0. The lowest BCUT2D eigenvalue weighted by molar-refractivity contribution is -0.139. The Kier molecular flexibility index (Phi) is 11.3. The van der Waals surface area contributed by atoms with Crippen molar-refractivity contribution in [3.63, 3.8) is 0 Å². The lowest BCUT2D eigenvalue weighted by Crippen LogP contribution is -2.54. The molecule has 0 aromatic heterocycles. The number of benzene rings is 1. The molecule has 194 valence electrons. The third kappa shape index (κ3) is 8.61. The van der Waals surface area contributed by atoms with E-state index >= 15 is 0 Å². The Bertz CT molecular complexity index is 929. The minimum Gasteiger partial charge on any atom is -0.444 e. The second-order valence-electron chi connectivity index (χ2n) is 10.2. The molecule has 35 heavy (non-hydrogen) atoms. The Morgan fingerprint density at radius 2 is 1.74 bits per heavy atom. The van der Waals surface area contributed by atoms with E-state index in [1.807, 2.05) is 59.7 Å². The fraction of sp³-hybridized carbons (Fsp3) is 0.607. The van der Waals surface area contributed by atoms with Crippen molar-refractivity contribution in [1.29, 1.82) is 0 Å². The van der Waals surface area contributed by atoms with Crippen LogP contribution >= 0.6 is 0 Å². The van der Waals surface area contributed by atoms with E-state index in [2.05, 4.69) is 16.7 Å². The maximum Gasteiger partial charge on any atom is 0.408 e. The van der Waals surface area contributed by atoms with Gasteiger partial charge in [-0.05, 0) is 70.6 Å². The van der Waals surface area contributed by atoms with Gasteiger partial charge in [-0.3, -0.25) is 14.5 Å². The fourth-order valence-corrected chi connectivity index (χ4v) is 3.83. The minimum absolute atomic E-state index is 0.0832. The van der Waals surface area contributed by atoms with E-state index in [-0.39, 0.29) is 17.9 Å². The molecule has 0 fully saturated rings. The van der Waals surface area contributed by atoms with Crippen LogP contribution in [0.5, 0.6) is 0 Å². The lowest BCUT2D eigenvalue weighted by atomic mass is 9.93. The van der Waals surface area contributed by atoms with Crippen molar-refractivity contribution in [3.05, 3.63) is 34.9 Å². The summed E-state index contributed by atoms with van der Waals surface area (Å²) in [4.78, 5) is 41.1. The summed E-state index contributed by atoms with van der Waals surface area (Å²) in [7, 11) is 0. The van der Waals surface area contributed by atoms with Crippen LogP contribution in [0.4, 0.5) is 4.79 Å². The van der Waals surface area contributed by atoms with Crippen LogP contribution < -0.4 is 10.6 Å². The molecule has 4 atom stereocenters. The minimum atomic E-state index is -1.04. The smallest absolute Gasteiger partial charge is 0.408 e. The highest BCUT2D eigenvalue weighted by Gasteiger charge is 2.38. The van der Waals surface area contributed by atoms with Crippen LogP contribution in [-0.2, 0) is 14.3 Å². The van der Waals surface area contributed by atoms with Crippen molar-refractivity contribution in [2.24, 2.45) is 5.92 Å². The third-order valence-corrected chi connectivity index (χ3v) is 6.09. The number of alkyl carbamates (subject to hydrolysis) is 1. The van der Waals surface area contributed by atoms with E-state index < -0.39 is 29.7 Å². The first-order valence-corrected chi connectivity index (χ1v) is 12.4. The number of rotatable bonds is 10. The summed E-state index contributed by atoms with van der Waals surface area (Å²) in [5.41, 5.74) is 1.79. The number of nitrogens with one attached hydrogen (secondary N) is 2. The SMILES string of the molecule is C#CN(C(=O)C(NC(=O)OC(C)(C)C)C(C)CC)C(C(=O)NC(C)CCC)c1cccc(C)c1C. The van der Waals surface area contributed by atoms with Gasteiger partial charge in [-0.15, -0.1) is 0 Å². The van der Waals surface area contributed by atoms with Gasteiger partial charge >= 0.3 is 6.09 Å². The van der Waals surface area contributed by atoms with Gasteiger partial charge in [0.15, 0.2) is 0 Å². The van der Waals surface area contributed by atoms with E-state index in [9.17, 15) is 14.4 Å². The number of hydrogen-bond donors (Lipinski definition) is 2. The Balaban J connectivity index is 3.49. The zero-order chi connectivity index (χ0) is 26.9. The quantitative estimate of drug-likeness (QED) is 0.360. The van der Waals surface area contributed by atoms with Crippen molar-refractivity contribution < 1.29 is 19.1 Å². The average Bonchev–Trinajstić information content (AvgIpc) is 2.75. The molecular formula is C28H43N3O4. The second kappa shape index (κ2) is 13.2. The van der Waals surface area contributed by atoms with Crippen molar-refractivity contribution >= 4 is 17.9 Å². The normalized spacial score (nSPS) is 14.6. The van der Waals surface area contributed by atoms with Gasteiger partial charge in [0, 0.05) is 12.1 Å². The highest BCUT2D eigenvalue weighted by atomic mass is 16.6. The van der Waals surface area contributed by atoms with Gasteiger partial charge in [0.1, 0.15) is 17.7 Å². The molecule has 2 N–H and O–H groups in total. The molecule has 3 amide bonds.